The largest absolute Gasteiger partial charge is 0.480 e. The quantitative estimate of drug-likeness (QED) is 0.545. The fraction of sp³-hybridized carbons (Fsp3) is 0.364. The van der Waals surface area contributed by atoms with E-state index in [1.165, 1.54) is 6.26 Å². The van der Waals surface area contributed by atoms with Crippen LogP contribution in [0.25, 0.3) is 0 Å². The van der Waals surface area contributed by atoms with Gasteiger partial charge in [0, 0.05) is 5.75 Å². The van der Waals surface area contributed by atoms with Gasteiger partial charge < -0.3 is 20.6 Å². The third-order valence-electron chi connectivity index (χ3n) is 2.10. The third kappa shape index (κ3) is 6.25. The van der Waals surface area contributed by atoms with Gasteiger partial charge in [0.25, 0.3) is 0 Å². The number of thioether (sulfide) groups is 1. The molecule has 0 unspecified atom stereocenters. The van der Waals surface area contributed by atoms with Gasteiger partial charge in [0.1, 0.15) is 11.8 Å². The molecule has 1 atom stereocenters. The Morgan fingerprint density at radius 1 is 1.45 bits per heavy atom. The van der Waals surface area contributed by atoms with Gasteiger partial charge >= 0.3 is 12.0 Å². The molecule has 0 saturated carbocycles. The molecule has 1 rings (SSSR count). The number of carbonyl (C=O) groups excluding carboxylic acids is 2. The maximum atomic E-state index is 11.4. The summed E-state index contributed by atoms with van der Waals surface area (Å²) in [5, 5.41) is 13.1. The molecule has 0 saturated heterocycles. The average Bonchev–Trinajstić information content (AvgIpc) is 2.89. The van der Waals surface area contributed by atoms with Crippen molar-refractivity contribution in [1.29, 1.82) is 0 Å². The lowest BCUT2D eigenvalue weighted by molar-refractivity contribution is -0.138. The molecule has 3 amide bonds. The summed E-state index contributed by atoms with van der Waals surface area (Å²) in [6.07, 6.45) is 1.47. The number of amides is 3. The van der Waals surface area contributed by atoms with Crippen LogP contribution in [0.2, 0.25) is 0 Å². The lowest BCUT2D eigenvalue weighted by Gasteiger charge is -2.07. The van der Waals surface area contributed by atoms with E-state index in [4.69, 9.17) is 15.3 Å². The van der Waals surface area contributed by atoms with Crippen molar-refractivity contribution in [2.75, 3.05) is 11.5 Å². The molecule has 1 aromatic rings. The maximum absolute atomic E-state index is 11.4. The topological polar surface area (TPSA) is 135 Å². The summed E-state index contributed by atoms with van der Waals surface area (Å²) < 4.78 is 5.00. The van der Waals surface area contributed by atoms with Gasteiger partial charge in [0.15, 0.2) is 0 Å². The van der Waals surface area contributed by atoms with Crippen LogP contribution in [-0.2, 0) is 16.1 Å². The molecule has 110 valence electrons. The lowest BCUT2D eigenvalue weighted by Crippen LogP contribution is -2.40. The Labute approximate surface area is 119 Å². The van der Waals surface area contributed by atoms with Crippen molar-refractivity contribution < 1.29 is 23.9 Å². The van der Waals surface area contributed by atoms with Crippen LogP contribution in [0.4, 0.5) is 4.79 Å². The number of hydrogen-bond acceptors (Lipinski definition) is 6. The van der Waals surface area contributed by atoms with E-state index >= 15 is 0 Å². The Hall–Kier alpha value is -2.00. The Morgan fingerprint density at radius 3 is 2.80 bits per heavy atom. The molecule has 5 N–H and O–H groups in total. The first-order valence-corrected chi connectivity index (χ1v) is 6.80. The number of carbonyl (C=O) groups is 3. The Morgan fingerprint density at radius 2 is 2.20 bits per heavy atom. The summed E-state index contributed by atoms with van der Waals surface area (Å²) in [7, 11) is 0. The van der Waals surface area contributed by atoms with E-state index in [1.54, 1.807) is 12.1 Å². The zero-order chi connectivity index (χ0) is 15.0. The molecule has 0 fully saturated rings. The zero-order valence-electron chi connectivity index (χ0n) is 10.5. The highest BCUT2D eigenvalue weighted by molar-refractivity contribution is 8.00. The summed E-state index contributed by atoms with van der Waals surface area (Å²) in [5.74, 6) is -1.04. The highest BCUT2D eigenvalue weighted by Crippen LogP contribution is 2.01. The Balaban J connectivity index is 2.15. The van der Waals surface area contributed by atoms with Crippen molar-refractivity contribution in [3.8, 4) is 0 Å². The number of nitrogens with one attached hydrogen (secondary N) is 2. The van der Waals surface area contributed by atoms with Crippen molar-refractivity contribution >= 4 is 29.7 Å². The molecule has 0 radical (unpaired) electrons. The lowest BCUT2D eigenvalue weighted by atomic mass is 10.4. The fourth-order valence-corrected chi connectivity index (χ4v) is 1.91. The molecule has 0 aliphatic carbocycles. The standard InChI is InChI=1S/C11H15N3O5S/c12-8(10(16)17)5-20-6-9(15)14-11(18)13-4-7-2-1-3-19-7/h1-3,8H,4-6,12H2,(H,16,17)(H2,13,14,15,18)/t8-/m1/s1. The Bertz CT molecular complexity index is 463. The van der Waals surface area contributed by atoms with Crippen LogP contribution < -0.4 is 16.4 Å². The van der Waals surface area contributed by atoms with E-state index in [-0.39, 0.29) is 18.1 Å². The van der Waals surface area contributed by atoms with Gasteiger partial charge in [0.05, 0.1) is 18.6 Å². The first-order chi connectivity index (χ1) is 9.49. The molecule has 0 bridgehead atoms. The van der Waals surface area contributed by atoms with Crippen molar-refractivity contribution in [1.82, 2.24) is 10.6 Å². The molecule has 0 aliphatic heterocycles. The van der Waals surface area contributed by atoms with Gasteiger partial charge in [-0.3, -0.25) is 14.9 Å². The zero-order valence-corrected chi connectivity index (χ0v) is 11.3. The van der Waals surface area contributed by atoms with Gasteiger partial charge in [-0.05, 0) is 12.1 Å². The van der Waals surface area contributed by atoms with E-state index in [2.05, 4.69) is 10.6 Å². The third-order valence-corrected chi connectivity index (χ3v) is 3.17. The molecular weight excluding hydrogens is 286 g/mol. The van der Waals surface area contributed by atoms with Crippen LogP contribution >= 0.6 is 11.8 Å². The van der Waals surface area contributed by atoms with E-state index in [0.29, 0.717) is 5.76 Å². The molecule has 0 spiro atoms. The molecule has 1 heterocycles. The minimum absolute atomic E-state index is 0.0465. The van der Waals surface area contributed by atoms with E-state index in [0.717, 1.165) is 11.8 Å². The number of hydrogen-bond donors (Lipinski definition) is 4. The number of carboxylic acids is 1. The van der Waals surface area contributed by atoms with E-state index < -0.39 is 23.9 Å². The van der Waals surface area contributed by atoms with Crippen LogP contribution in [0.1, 0.15) is 5.76 Å². The van der Waals surface area contributed by atoms with Gasteiger partial charge in [0.2, 0.25) is 5.91 Å². The molecule has 0 aliphatic rings. The van der Waals surface area contributed by atoms with Crippen LogP contribution in [0.3, 0.4) is 0 Å². The van der Waals surface area contributed by atoms with Gasteiger partial charge in [-0.15, -0.1) is 11.8 Å². The van der Waals surface area contributed by atoms with Crippen LogP contribution in [0.15, 0.2) is 22.8 Å². The second kappa shape index (κ2) is 8.23. The number of rotatable bonds is 7. The molecule has 1 aromatic heterocycles. The minimum Gasteiger partial charge on any atom is -0.480 e. The molecule has 20 heavy (non-hydrogen) atoms. The Kier molecular flexibility index (Phi) is 6.60. The molecule has 9 heteroatoms. The van der Waals surface area contributed by atoms with Crippen molar-refractivity contribution in [3.05, 3.63) is 24.2 Å². The first kappa shape index (κ1) is 16.1. The number of nitrogens with two attached hydrogens (primary N) is 1. The van der Waals surface area contributed by atoms with Gasteiger partial charge in [-0.25, -0.2) is 4.79 Å². The second-order valence-corrected chi connectivity index (χ2v) is 4.80. The van der Waals surface area contributed by atoms with Gasteiger partial charge in [-0.1, -0.05) is 0 Å². The summed E-state index contributed by atoms with van der Waals surface area (Å²) in [6, 6.07) is 1.70. The van der Waals surface area contributed by atoms with E-state index in [1.807, 2.05) is 0 Å². The average molecular weight is 301 g/mol. The SMILES string of the molecule is N[C@H](CSCC(=O)NC(=O)NCc1ccco1)C(=O)O. The van der Waals surface area contributed by atoms with Crippen molar-refractivity contribution in [2.24, 2.45) is 5.73 Å². The summed E-state index contributed by atoms with van der Waals surface area (Å²) in [5.41, 5.74) is 5.26. The second-order valence-electron chi connectivity index (χ2n) is 3.77. The summed E-state index contributed by atoms with van der Waals surface area (Å²) >= 11 is 1.04. The maximum Gasteiger partial charge on any atom is 0.321 e. The number of furan rings is 1. The smallest absolute Gasteiger partial charge is 0.321 e. The number of carboxylic acid groups (broad SMARTS) is 1. The minimum atomic E-state index is -1.13. The number of urea groups is 1. The molecular formula is C11H15N3O5S. The highest BCUT2D eigenvalue weighted by atomic mass is 32.2. The van der Waals surface area contributed by atoms with Crippen LogP contribution in [0.5, 0.6) is 0 Å². The van der Waals surface area contributed by atoms with Crippen LogP contribution in [0, 0.1) is 0 Å². The van der Waals surface area contributed by atoms with Crippen molar-refractivity contribution in [2.45, 2.75) is 12.6 Å². The number of aliphatic carboxylic acids is 1. The van der Waals surface area contributed by atoms with Crippen molar-refractivity contribution in [3.63, 3.8) is 0 Å². The van der Waals surface area contributed by atoms with Crippen LogP contribution in [-0.4, -0.2) is 40.6 Å². The number of imide groups is 1. The normalized spacial score (nSPS) is 11.7. The highest BCUT2D eigenvalue weighted by Gasteiger charge is 2.13. The molecule has 8 nitrogen and oxygen atoms in total. The van der Waals surface area contributed by atoms with E-state index in [9.17, 15) is 14.4 Å². The first-order valence-electron chi connectivity index (χ1n) is 5.65. The summed E-state index contributed by atoms with van der Waals surface area (Å²) in [4.78, 5) is 33.1. The van der Waals surface area contributed by atoms with Gasteiger partial charge in [-0.2, -0.15) is 0 Å². The monoisotopic (exact) mass is 301 g/mol. The fourth-order valence-electron chi connectivity index (χ4n) is 1.14. The predicted octanol–water partition coefficient (Wildman–Crippen LogP) is -0.249. The molecule has 0 aromatic carbocycles. The predicted molar refractivity (Wildman–Crippen MR) is 72.0 cm³/mol. The summed E-state index contributed by atoms with van der Waals surface area (Å²) in [6.45, 7) is 0.170.